The number of para-hydroxylation sites is 1. The fraction of sp³-hybridized carbons (Fsp3) is 0.368. The third-order valence-electron chi connectivity index (χ3n) is 3.35. The monoisotopic (exact) mass is 311 g/mol. The van der Waals surface area contributed by atoms with Crippen molar-refractivity contribution in [2.24, 2.45) is 0 Å². The molecular weight excluding hydrogens is 286 g/mol. The van der Waals surface area contributed by atoms with Crippen molar-refractivity contribution in [1.29, 1.82) is 0 Å². The summed E-state index contributed by atoms with van der Waals surface area (Å²) in [7, 11) is 0. The first-order chi connectivity index (χ1) is 10.8. The van der Waals surface area contributed by atoms with Gasteiger partial charge in [0.15, 0.2) is 0 Å². The molecule has 0 saturated heterocycles. The number of hydrogen-bond acceptors (Lipinski definition) is 3. The Balaban J connectivity index is 2.13. The third kappa shape index (κ3) is 4.81. The lowest BCUT2D eigenvalue weighted by Crippen LogP contribution is -2.26. The second-order valence-electron chi connectivity index (χ2n) is 7.00. The second-order valence-corrected chi connectivity index (χ2v) is 7.00. The number of aromatic nitrogens is 1. The summed E-state index contributed by atoms with van der Waals surface area (Å²) < 4.78 is 0. The number of nitrogens with one attached hydrogen (secondary N) is 2. The van der Waals surface area contributed by atoms with Gasteiger partial charge in [0, 0.05) is 11.2 Å². The van der Waals surface area contributed by atoms with Gasteiger partial charge in [0.2, 0.25) is 0 Å². The number of carbonyl (C=O) groups is 1. The molecule has 0 atom stereocenters. The molecule has 1 aromatic heterocycles. The minimum Gasteiger partial charge on any atom is -0.379 e. The fourth-order valence-electron chi connectivity index (χ4n) is 2.34. The van der Waals surface area contributed by atoms with Crippen LogP contribution in [-0.4, -0.2) is 16.4 Å². The quantitative estimate of drug-likeness (QED) is 0.863. The lowest BCUT2D eigenvalue weighted by molar-refractivity contribution is 0.102. The van der Waals surface area contributed by atoms with Crippen molar-refractivity contribution in [3.63, 3.8) is 0 Å². The number of amides is 1. The van der Waals surface area contributed by atoms with Gasteiger partial charge in [0.25, 0.3) is 5.91 Å². The maximum atomic E-state index is 12.4. The standard InChI is InChI=1S/C19H25N3O/c1-13(2)15-8-6-7-9-16(15)21-18(23)17-11-10-14(12-20-17)22-19(3,4)5/h6-13,22H,1-5H3,(H,21,23). The van der Waals surface area contributed by atoms with E-state index in [0.29, 0.717) is 11.6 Å². The largest absolute Gasteiger partial charge is 0.379 e. The van der Waals surface area contributed by atoms with Crippen LogP contribution in [0, 0.1) is 0 Å². The Morgan fingerprint density at radius 1 is 1.09 bits per heavy atom. The average Bonchev–Trinajstić information content (AvgIpc) is 2.46. The van der Waals surface area contributed by atoms with E-state index in [1.807, 2.05) is 30.3 Å². The Bertz CT molecular complexity index is 670. The summed E-state index contributed by atoms with van der Waals surface area (Å²) in [6.45, 7) is 10.5. The molecule has 122 valence electrons. The van der Waals surface area contributed by atoms with E-state index in [2.05, 4.69) is 50.2 Å². The molecule has 4 nitrogen and oxygen atoms in total. The molecule has 2 N–H and O–H groups in total. The topological polar surface area (TPSA) is 54.0 Å². The average molecular weight is 311 g/mol. The summed E-state index contributed by atoms with van der Waals surface area (Å²) in [4.78, 5) is 16.7. The molecule has 0 unspecified atom stereocenters. The normalized spacial score (nSPS) is 11.4. The Morgan fingerprint density at radius 3 is 2.35 bits per heavy atom. The van der Waals surface area contributed by atoms with Crippen LogP contribution in [-0.2, 0) is 0 Å². The molecule has 1 amide bonds. The van der Waals surface area contributed by atoms with Gasteiger partial charge in [-0.05, 0) is 50.5 Å². The van der Waals surface area contributed by atoms with E-state index in [-0.39, 0.29) is 11.4 Å². The van der Waals surface area contributed by atoms with Crippen LogP contribution in [0.2, 0.25) is 0 Å². The van der Waals surface area contributed by atoms with Crippen LogP contribution >= 0.6 is 0 Å². The first kappa shape index (κ1) is 17.0. The van der Waals surface area contributed by atoms with E-state index in [1.54, 1.807) is 12.3 Å². The summed E-state index contributed by atoms with van der Waals surface area (Å²) in [6, 6.07) is 11.5. The first-order valence-electron chi connectivity index (χ1n) is 7.91. The van der Waals surface area contributed by atoms with Gasteiger partial charge in [-0.15, -0.1) is 0 Å². The minimum atomic E-state index is -0.194. The molecule has 1 heterocycles. The van der Waals surface area contributed by atoms with E-state index >= 15 is 0 Å². The van der Waals surface area contributed by atoms with Gasteiger partial charge in [-0.2, -0.15) is 0 Å². The third-order valence-corrected chi connectivity index (χ3v) is 3.35. The number of anilines is 2. The molecule has 0 aliphatic rings. The van der Waals surface area contributed by atoms with Crippen LogP contribution in [0.5, 0.6) is 0 Å². The van der Waals surface area contributed by atoms with Crippen LogP contribution in [0.3, 0.4) is 0 Å². The molecule has 0 aliphatic carbocycles. The summed E-state index contributed by atoms with van der Waals surface area (Å²) in [5, 5.41) is 6.28. The molecule has 0 fully saturated rings. The summed E-state index contributed by atoms with van der Waals surface area (Å²) >= 11 is 0. The number of rotatable bonds is 4. The highest BCUT2D eigenvalue weighted by Crippen LogP contribution is 2.24. The smallest absolute Gasteiger partial charge is 0.274 e. The predicted octanol–water partition coefficient (Wildman–Crippen LogP) is 4.67. The van der Waals surface area contributed by atoms with Crippen molar-refractivity contribution >= 4 is 17.3 Å². The Hall–Kier alpha value is -2.36. The van der Waals surface area contributed by atoms with E-state index in [1.165, 1.54) is 0 Å². The highest BCUT2D eigenvalue weighted by Gasteiger charge is 2.13. The van der Waals surface area contributed by atoms with Crippen molar-refractivity contribution in [1.82, 2.24) is 4.98 Å². The van der Waals surface area contributed by atoms with Crippen molar-refractivity contribution in [3.05, 3.63) is 53.9 Å². The fourth-order valence-corrected chi connectivity index (χ4v) is 2.34. The Morgan fingerprint density at radius 2 is 1.78 bits per heavy atom. The number of nitrogens with zero attached hydrogens (tertiary/aromatic N) is 1. The molecule has 1 aromatic carbocycles. The van der Waals surface area contributed by atoms with Gasteiger partial charge < -0.3 is 10.6 Å². The molecular formula is C19H25N3O. The number of pyridine rings is 1. The summed E-state index contributed by atoms with van der Waals surface area (Å²) in [5.41, 5.74) is 3.22. The van der Waals surface area contributed by atoms with Gasteiger partial charge >= 0.3 is 0 Å². The van der Waals surface area contributed by atoms with Gasteiger partial charge in [-0.3, -0.25) is 4.79 Å². The predicted molar refractivity (Wildman–Crippen MR) is 96.1 cm³/mol. The van der Waals surface area contributed by atoms with Crippen molar-refractivity contribution < 1.29 is 4.79 Å². The maximum absolute atomic E-state index is 12.4. The van der Waals surface area contributed by atoms with Gasteiger partial charge in [-0.1, -0.05) is 32.0 Å². The van der Waals surface area contributed by atoms with Crippen LogP contribution in [0.25, 0.3) is 0 Å². The van der Waals surface area contributed by atoms with E-state index in [0.717, 1.165) is 16.9 Å². The molecule has 0 radical (unpaired) electrons. The zero-order valence-electron chi connectivity index (χ0n) is 14.5. The Labute approximate surface area is 138 Å². The highest BCUT2D eigenvalue weighted by atomic mass is 16.1. The van der Waals surface area contributed by atoms with Gasteiger partial charge in [0.1, 0.15) is 5.69 Å². The van der Waals surface area contributed by atoms with Crippen molar-refractivity contribution in [2.75, 3.05) is 10.6 Å². The van der Waals surface area contributed by atoms with E-state index in [9.17, 15) is 4.79 Å². The molecule has 2 aromatic rings. The molecule has 0 spiro atoms. The van der Waals surface area contributed by atoms with Crippen LogP contribution in [0.4, 0.5) is 11.4 Å². The van der Waals surface area contributed by atoms with Gasteiger partial charge in [-0.25, -0.2) is 4.98 Å². The SMILES string of the molecule is CC(C)c1ccccc1NC(=O)c1ccc(NC(C)(C)C)cn1. The molecule has 4 heteroatoms. The number of benzene rings is 1. The van der Waals surface area contributed by atoms with Crippen LogP contribution < -0.4 is 10.6 Å². The lowest BCUT2D eigenvalue weighted by Gasteiger charge is -2.21. The second kappa shape index (κ2) is 6.82. The summed E-state index contributed by atoms with van der Waals surface area (Å²) in [5.74, 6) is 0.151. The van der Waals surface area contributed by atoms with Gasteiger partial charge in [0.05, 0.1) is 11.9 Å². The maximum Gasteiger partial charge on any atom is 0.274 e. The molecule has 0 aliphatic heterocycles. The summed E-state index contributed by atoms with van der Waals surface area (Å²) in [6.07, 6.45) is 1.69. The van der Waals surface area contributed by atoms with Crippen molar-refractivity contribution in [2.45, 2.75) is 46.1 Å². The molecule has 0 saturated carbocycles. The Kier molecular flexibility index (Phi) is 5.04. The van der Waals surface area contributed by atoms with E-state index in [4.69, 9.17) is 0 Å². The van der Waals surface area contributed by atoms with Crippen LogP contribution in [0.1, 0.15) is 56.6 Å². The van der Waals surface area contributed by atoms with Crippen molar-refractivity contribution in [3.8, 4) is 0 Å². The number of hydrogen-bond donors (Lipinski definition) is 2. The lowest BCUT2D eigenvalue weighted by atomic mass is 10.0. The highest BCUT2D eigenvalue weighted by molar-refractivity contribution is 6.03. The zero-order chi connectivity index (χ0) is 17.0. The molecule has 23 heavy (non-hydrogen) atoms. The van der Waals surface area contributed by atoms with E-state index < -0.39 is 0 Å². The first-order valence-corrected chi connectivity index (χ1v) is 7.91. The molecule has 0 bridgehead atoms. The zero-order valence-corrected chi connectivity index (χ0v) is 14.5. The van der Waals surface area contributed by atoms with Crippen LogP contribution in [0.15, 0.2) is 42.6 Å². The molecule has 2 rings (SSSR count). The minimum absolute atomic E-state index is 0.0400. The number of carbonyl (C=O) groups excluding carboxylic acids is 1.